The second-order valence-electron chi connectivity index (χ2n) is 10.0. The van der Waals surface area contributed by atoms with Crippen molar-refractivity contribution in [2.24, 2.45) is 0 Å². The molecule has 2 aliphatic rings. The maximum atomic E-state index is 13.4. The number of sulfonamides is 1. The summed E-state index contributed by atoms with van der Waals surface area (Å²) in [6.45, 7) is 4.69. The van der Waals surface area contributed by atoms with E-state index in [1.54, 1.807) is 12.1 Å². The number of aromatic nitrogens is 1. The molecule has 10 heteroatoms. The van der Waals surface area contributed by atoms with Crippen LogP contribution in [0.5, 0.6) is 11.6 Å². The number of hydrogen-bond acceptors (Lipinski definition) is 7. The third-order valence-corrected chi connectivity index (χ3v) is 8.74. The fraction of sp³-hybridized carbons (Fsp3) is 0.464. The molecule has 38 heavy (non-hydrogen) atoms. The number of amides is 2. The van der Waals surface area contributed by atoms with Gasteiger partial charge in [0.2, 0.25) is 15.9 Å². The number of ether oxygens (including phenoxy) is 2. The summed E-state index contributed by atoms with van der Waals surface area (Å²) in [6, 6.07) is 10.9. The van der Waals surface area contributed by atoms with E-state index in [2.05, 4.69) is 21.9 Å². The van der Waals surface area contributed by atoms with Crippen molar-refractivity contribution in [3.05, 3.63) is 59.3 Å². The minimum atomic E-state index is -3.84. The van der Waals surface area contributed by atoms with Crippen LogP contribution in [0.2, 0.25) is 0 Å². The molecule has 1 atom stereocenters. The van der Waals surface area contributed by atoms with Crippen LogP contribution in [0.25, 0.3) is 5.57 Å². The number of rotatable bonds is 12. The topological polar surface area (TPSA) is 124 Å². The van der Waals surface area contributed by atoms with Gasteiger partial charge in [-0.2, -0.15) is 0 Å². The number of carbonyl (C=O) groups excluding carboxylic acids is 2. The van der Waals surface area contributed by atoms with Crippen molar-refractivity contribution in [3.63, 3.8) is 0 Å². The highest BCUT2D eigenvalue weighted by molar-refractivity contribution is 7.91. The van der Waals surface area contributed by atoms with Crippen LogP contribution < -0.4 is 19.5 Å². The summed E-state index contributed by atoms with van der Waals surface area (Å²) in [5.74, 6) is -0.458. The summed E-state index contributed by atoms with van der Waals surface area (Å²) in [5.41, 5.74) is 0.684. The molecule has 2 aromatic rings. The van der Waals surface area contributed by atoms with E-state index in [1.807, 2.05) is 31.2 Å². The van der Waals surface area contributed by atoms with Crippen molar-refractivity contribution in [1.29, 1.82) is 0 Å². The lowest BCUT2D eigenvalue weighted by Gasteiger charge is -2.37. The molecule has 0 spiro atoms. The number of methoxy groups -OCH3 is 1. The molecule has 2 amide bonds. The zero-order chi connectivity index (χ0) is 27.3. The van der Waals surface area contributed by atoms with Gasteiger partial charge in [-0.25, -0.2) is 18.1 Å². The molecule has 1 aromatic heterocycles. The van der Waals surface area contributed by atoms with Gasteiger partial charge in [-0.15, -0.1) is 0 Å². The van der Waals surface area contributed by atoms with Crippen LogP contribution in [0.15, 0.2) is 48.2 Å². The van der Waals surface area contributed by atoms with Crippen LogP contribution in [-0.2, 0) is 25.2 Å². The largest absolute Gasteiger partial charge is 0.494 e. The fourth-order valence-corrected chi connectivity index (χ4v) is 5.84. The van der Waals surface area contributed by atoms with Crippen molar-refractivity contribution >= 4 is 27.4 Å². The number of nitrogens with one attached hydrogen (secondary N) is 2. The van der Waals surface area contributed by atoms with Gasteiger partial charge in [0.1, 0.15) is 11.3 Å². The summed E-state index contributed by atoms with van der Waals surface area (Å²) in [4.78, 5) is 30.8. The summed E-state index contributed by atoms with van der Waals surface area (Å²) < 4.78 is 38.0. The van der Waals surface area contributed by atoms with Crippen LogP contribution in [0.3, 0.4) is 0 Å². The van der Waals surface area contributed by atoms with Crippen LogP contribution in [0.1, 0.15) is 69.9 Å². The quantitative estimate of drug-likeness (QED) is 0.309. The summed E-state index contributed by atoms with van der Waals surface area (Å²) in [6.07, 6.45) is 7.25. The molecule has 1 aromatic carbocycles. The second-order valence-corrected chi connectivity index (χ2v) is 12.0. The van der Waals surface area contributed by atoms with Crippen LogP contribution in [0, 0.1) is 0 Å². The smallest absolute Gasteiger partial charge is 0.270 e. The van der Waals surface area contributed by atoms with Crippen LogP contribution >= 0.6 is 0 Å². The molecule has 2 N–H and O–H groups in total. The number of unbranched alkanes of at least 4 members (excludes halogenated alkanes) is 3. The van der Waals surface area contributed by atoms with E-state index in [0.29, 0.717) is 36.5 Å². The highest BCUT2D eigenvalue weighted by Gasteiger charge is 2.43. The number of nitrogens with zero attached hydrogens (tertiary/aromatic N) is 1. The van der Waals surface area contributed by atoms with E-state index in [-0.39, 0.29) is 12.0 Å². The van der Waals surface area contributed by atoms with E-state index in [0.717, 1.165) is 24.2 Å². The number of carbonyl (C=O) groups is 2. The van der Waals surface area contributed by atoms with Gasteiger partial charge in [-0.1, -0.05) is 38.3 Å². The second kappa shape index (κ2) is 11.6. The minimum absolute atomic E-state index is 0.231. The van der Waals surface area contributed by atoms with E-state index in [1.165, 1.54) is 26.1 Å². The Morgan fingerprint density at radius 2 is 1.87 bits per heavy atom. The molecule has 4 rings (SSSR count). The molecule has 2 heterocycles. The van der Waals surface area contributed by atoms with E-state index in [4.69, 9.17) is 9.47 Å². The van der Waals surface area contributed by atoms with Crippen LogP contribution in [-0.4, -0.2) is 44.2 Å². The summed E-state index contributed by atoms with van der Waals surface area (Å²) >= 11 is 0. The Balaban J connectivity index is 1.62. The summed E-state index contributed by atoms with van der Waals surface area (Å²) in [7, 11) is -2.34. The molecular weight excluding hydrogens is 506 g/mol. The first-order valence-electron chi connectivity index (χ1n) is 13.0. The molecule has 1 aliphatic carbocycles. The first-order valence-corrected chi connectivity index (χ1v) is 14.6. The highest BCUT2D eigenvalue weighted by atomic mass is 32.2. The lowest BCUT2D eigenvalue weighted by atomic mass is 9.78. The SMILES string of the molecule is CCCCCCOc1ccc([C@]2(C)CC(c3ccc(OC)nc3)=C(C(=O)NS(=O)(=O)C3CC3)C(=O)N2)cc1. The van der Waals surface area contributed by atoms with Crippen molar-refractivity contribution in [3.8, 4) is 11.6 Å². The maximum Gasteiger partial charge on any atom is 0.270 e. The maximum absolute atomic E-state index is 13.4. The summed E-state index contributed by atoms with van der Waals surface area (Å²) in [5, 5.41) is 2.35. The van der Waals surface area contributed by atoms with Gasteiger partial charge in [0.05, 0.1) is 24.5 Å². The molecule has 204 valence electrons. The molecule has 1 saturated carbocycles. The van der Waals surface area contributed by atoms with Gasteiger partial charge in [0.25, 0.3) is 11.8 Å². The van der Waals surface area contributed by atoms with Crippen LogP contribution in [0.4, 0.5) is 0 Å². The van der Waals surface area contributed by atoms with E-state index in [9.17, 15) is 18.0 Å². The molecule has 1 fully saturated rings. The van der Waals surface area contributed by atoms with Gasteiger partial charge in [0.15, 0.2) is 0 Å². The van der Waals surface area contributed by atoms with Gasteiger partial charge in [-0.05, 0) is 61.1 Å². The molecule has 9 nitrogen and oxygen atoms in total. The number of hydrogen-bond donors (Lipinski definition) is 2. The Bertz CT molecular complexity index is 1300. The fourth-order valence-electron chi connectivity index (χ4n) is 4.56. The molecule has 0 bridgehead atoms. The van der Waals surface area contributed by atoms with Gasteiger partial charge in [-0.3, -0.25) is 9.59 Å². The van der Waals surface area contributed by atoms with Gasteiger partial charge in [0, 0.05) is 18.7 Å². The Hall–Kier alpha value is -3.40. The molecular formula is C28H35N3O6S. The average molecular weight is 542 g/mol. The predicted molar refractivity (Wildman–Crippen MR) is 144 cm³/mol. The normalized spacial score (nSPS) is 19.6. The number of pyridine rings is 1. The number of benzene rings is 1. The Morgan fingerprint density at radius 1 is 1.13 bits per heavy atom. The van der Waals surface area contributed by atoms with Crippen molar-refractivity contribution in [2.75, 3.05) is 13.7 Å². The van der Waals surface area contributed by atoms with Gasteiger partial charge >= 0.3 is 0 Å². The molecule has 1 aliphatic heterocycles. The van der Waals surface area contributed by atoms with Gasteiger partial charge < -0.3 is 14.8 Å². The highest BCUT2D eigenvalue weighted by Crippen LogP contribution is 2.39. The van der Waals surface area contributed by atoms with Crippen molar-refractivity contribution in [1.82, 2.24) is 15.0 Å². The minimum Gasteiger partial charge on any atom is -0.494 e. The van der Waals surface area contributed by atoms with E-state index >= 15 is 0 Å². The third-order valence-electron chi connectivity index (χ3n) is 6.93. The third kappa shape index (κ3) is 6.35. The standard InChI is InChI=1S/C28H35N3O6S/c1-4-5-6-7-16-37-21-11-9-20(10-12-21)28(2)17-23(19-8-15-24(36-3)29-18-19)25(26(32)30-28)27(33)31-38(34,35)22-13-14-22/h8-12,15,18,22H,4-7,13-14,16-17H2,1-3H3,(H,30,32)(H,31,33)/t28-/m0/s1. The first kappa shape index (κ1) is 27.6. The monoisotopic (exact) mass is 541 g/mol. The zero-order valence-electron chi connectivity index (χ0n) is 22.1. The molecule has 0 radical (unpaired) electrons. The van der Waals surface area contributed by atoms with E-state index < -0.39 is 32.6 Å². The Labute approximate surface area is 224 Å². The molecule has 0 unspecified atom stereocenters. The lowest BCUT2D eigenvalue weighted by Crippen LogP contribution is -2.50. The first-order chi connectivity index (χ1) is 18.2. The lowest BCUT2D eigenvalue weighted by molar-refractivity contribution is -0.124. The Morgan fingerprint density at radius 3 is 2.47 bits per heavy atom. The molecule has 0 saturated heterocycles. The zero-order valence-corrected chi connectivity index (χ0v) is 22.9. The average Bonchev–Trinajstić information content (AvgIpc) is 3.75. The Kier molecular flexibility index (Phi) is 8.40. The predicted octanol–water partition coefficient (Wildman–Crippen LogP) is 3.85. The van der Waals surface area contributed by atoms with Crippen molar-refractivity contribution in [2.45, 2.75) is 69.6 Å². The van der Waals surface area contributed by atoms with Crippen molar-refractivity contribution < 1.29 is 27.5 Å².